The maximum Gasteiger partial charge on any atom is 0.315 e. The third-order valence-electron chi connectivity index (χ3n) is 5.56. The van der Waals surface area contributed by atoms with Crippen LogP contribution in [0.2, 0.25) is 0 Å². The molecule has 120 valence electrons. The van der Waals surface area contributed by atoms with Crippen LogP contribution in [-0.4, -0.2) is 54.2 Å². The molecule has 3 N–H and O–H groups in total. The molecule has 0 aromatic heterocycles. The molecular formula is C15H27N3O3. The minimum Gasteiger partial charge on any atom is -0.481 e. The highest BCUT2D eigenvalue weighted by Crippen LogP contribution is 2.38. The van der Waals surface area contributed by atoms with Crippen molar-refractivity contribution in [2.24, 2.45) is 5.41 Å². The van der Waals surface area contributed by atoms with Gasteiger partial charge in [0.2, 0.25) is 0 Å². The van der Waals surface area contributed by atoms with Crippen molar-refractivity contribution in [2.75, 3.05) is 20.6 Å². The lowest BCUT2D eigenvalue weighted by atomic mass is 9.75. The van der Waals surface area contributed by atoms with Crippen molar-refractivity contribution in [3.8, 4) is 0 Å². The molecule has 2 amide bonds. The standard InChI is InChI=1S/C15H27N3O3/c1-14(12(19)20)7-4-6-11(14)17-13(21)16-10-15(18(2)3)8-5-9-15/h11H,4-10H2,1-3H3,(H,19,20)(H2,16,17,21). The summed E-state index contributed by atoms with van der Waals surface area (Å²) in [5, 5.41) is 15.1. The van der Waals surface area contributed by atoms with Crippen LogP contribution in [0.15, 0.2) is 0 Å². The number of urea groups is 1. The summed E-state index contributed by atoms with van der Waals surface area (Å²) in [5.74, 6) is -0.825. The van der Waals surface area contributed by atoms with Gasteiger partial charge in [0.15, 0.2) is 0 Å². The highest BCUT2D eigenvalue weighted by atomic mass is 16.4. The van der Waals surface area contributed by atoms with E-state index in [-0.39, 0.29) is 17.6 Å². The summed E-state index contributed by atoms with van der Waals surface area (Å²) >= 11 is 0. The predicted molar refractivity (Wildman–Crippen MR) is 80.2 cm³/mol. The van der Waals surface area contributed by atoms with Crippen LogP contribution >= 0.6 is 0 Å². The minimum atomic E-state index is -0.840. The van der Waals surface area contributed by atoms with E-state index >= 15 is 0 Å². The van der Waals surface area contributed by atoms with Gasteiger partial charge in [-0.25, -0.2) is 4.79 Å². The first-order valence-corrected chi connectivity index (χ1v) is 7.75. The second-order valence-corrected chi connectivity index (χ2v) is 6.97. The second-order valence-electron chi connectivity index (χ2n) is 6.97. The summed E-state index contributed by atoms with van der Waals surface area (Å²) in [6.45, 7) is 2.34. The Labute approximate surface area is 126 Å². The Kier molecular flexibility index (Phi) is 4.46. The van der Waals surface area contributed by atoms with Gasteiger partial charge in [-0.3, -0.25) is 4.79 Å². The molecule has 2 aliphatic carbocycles. The molecular weight excluding hydrogens is 270 g/mol. The van der Waals surface area contributed by atoms with Gasteiger partial charge in [0.1, 0.15) is 0 Å². The van der Waals surface area contributed by atoms with Crippen LogP contribution in [0.25, 0.3) is 0 Å². The number of nitrogens with one attached hydrogen (secondary N) is 2. The minimum absolute atomic E-state index is 0.0725. The zero-order chi connectivity index (χ0) is 15.7. The third-order valence-corrected chi connectivity index (χ3v) is 5.56. The summed E-state index contributed by atoms with van der Waals surface area (Å²) < 4.78 is 0. The summed E-state index contributed by atoms with van der Waals surface area (Å²) in [6.07, 6.45) is 5.58. The normalized spacial score (nSPS) is 30.8. The van der Waals surface area contributed by atoms with Gasteiger partial charge in [-0.1, -0.05) is 6.42 Å². The van der Waals surface area contributed by atoms with E-state index in [2.05, 4.69) is 15.5 Å². The van der Waals surface area contributed by atoms with Crippen LogP contribution in [-0.2, 0) is 4.79 Å². The molecule has 21 heavy (non-hydrogen) atoms. The van der Waals surface area contributed by atoms with Crippen LogP contribution < -0.4 is 10.6 Å². The number of hydrogen-bond acceptors (Lipinski definition) is 3. The van der Waals surface area contributed by atoms with Crippen LogP contribution in [0.1, 0.15) is 45.4 Å². The number of nitrogens with zero attached hydrogens (tertiary/aromatic N) is 1. The van der Waals surface area contributed by atoms with Gasteiger partial charge in [0, 0.05) is 18.1 Å². The van der Waals surface area contributed by atoms with Crippen molar-refractivity contribution in [2.45, 2.75) is 57.0 Å². The SMILES string of the molecule is CN(C)C1(CNC(=O)NC2CCCC2(C)C(=O)O)CCC1. The van der Waals surface area contributed by atoms with E-state index in [0.717, 1.165) is 25.7 Å². The Morgan fingerprint density at radius 1 is 1.24 bits per heavy atom. The van der Waals surface area contributed by atoms with E-state index in [4.69, 9.17) is 0 Å². The zero-order valence-electron chi connectivity index (χ0n) is 13.2. The van der Waals surface area contributed by atoms with Crippen LogP contribution in [0.5, 0.6) is 0 Å². The van der Waals surface area contributed by atoms with Crippen molar-refractivity contribution in [3.63, 3.8) is 0 Å². The first-order chi connectivity index (χ1) is 9.80. The van der Waals surface area contributed by atoms with Crippen LogP contribution in [0.3, 0.4) is 0 Å². The van der Waals surface area contributed by atoms with Crippen molar-refractivity contribution in [1.82, 2.24) is 15.5 Å². The predicted octanol–water partition coefficient (Wildman–Crippen LogP) is 1.41. The van der Waals surface area contributed by atoms with Crippen molar-refractivity contribution >= 4 is 12.0 Å². The number of likely N-dealkylation sites (N-methyl/N-ethyl adjacent to an activating group) is 1. The molecule has 6 heteroatoms. The van der Waals surface area contributed by atoms with Crippen molar-refractivity contribution < 1.29 is 14.7 Å². The molecule has 0 aromatic rings. The van der Waals surface area contributed by atoms with Crippen LogP contribution in [0.4, 0.5) is 4.79 Å². The second kappa shape index (κ2) is 5.83. The zero-order valence-corrected chi connectivity index (χ0v) is 13.2. The lowest BCUT2D eigenvalue weighted by molar-refractivity contribution is -0.148. The molecule has 2 aliphatic rings. The molecule has 2 atom stereocenters. The quantitative estimate of drug-likeness (QED) is 0.716. The molecule has 2 fully saturated rings. The number of carboxylic acid groups (broad SMARTS) is 1. The summed E-state index contributed by atoms with van der Waals surface area (Å²) in [4.78, 5) is 25.7. The lowest BCUT2D eigenvalue weighted by Gasteiger charge is -2.47. The number of amides is 2. The highest BCUT2D eigenvalue weighted by molar-refractivity contribution is 5.79. The van der Waals surface area contributed by atoms with Gasteiger partial charge in [0.25, 0.3) is 0 Å². The summed E-state index contributed by atoms with van der Waals surface area (Å²) in [7, 11) is 4.08. The molecule has 0 bridgehead atoms. The van der Waals surface area contributed by atoms with Crippen molar-refractivity contribution in [1.29, 1.82) is 0 Å². The molecule has 0 heterocycles. The maximum atomic E-state index is 12.1. The fourth-order valence-corrected chi connectivity index (χ4v) is 3.47. The third kappa shape index (κ3) is 3.00. The average molecular weight is 297 g/mol. The number of carbonyl (C=O) groups is 2. The Bertz CT molecular complexity index is 420. The Morgan fingerprint density at radius 3 is 2.38 bits per heavy atom. The van der Waals surface area contributed by atoms with E-state index in [0.29, 0.717) is 13.0 Å². The Morgan fingerprint density at radius 2 is 1.90 bits per heavy atom. The number of carbonyl (C=O) groups excluding carboxylic acids is 1. The topological polar surface area (TPSA) is 81.7 Å². The van der Waals surface area contributed by atoms with Gasteiger partial charge in [-0.15, -0.1) is 0 Å². The molecule has 6 nitrogen and oxygen atoms in total. The number of carboxylic acids is 1. The molecule has 0 radical (unpaired) electrons. The number of aliphatic carboxylic acids is 1. The molecule has 0 aromatic carbocycles. The van der Waals surface area contributed by atoms with E-state index in [1.807, 2.05) is 14.1 Å². The van der Waals surface area contributed by atoms with Crippen LogP contribution in [0, 0.1) is 5.41 Å². The first kappa shape index (κ1) is 16.1. The fraction of sp³-hybridized carbons (Fsp3) is 0.867. The number of hydrogen-bond donors (Lipinski definition) is 3. The largest absolute Gasteiger partial charge is 0.481 e. The molecule has 0 saturated heterocycles. The van der Waals surface area contributed by atoms with Gasteiger partial charge in [0.05, 0.1) is 5.41 Å². The van der Waals surface area contributed by atoms with E-state index < -0.39 is 11.4 Å². The average Bonchev–Trinajstić information content (AvgIpc) is 2.70. The van der Waals surface area contributed by atoms with Gasteiger partial charge in [-0.2, -0.15) is 0 Å². The smallest absolute Gasteiger partial charge is 0.315 e. The maximum absolute atomic E-state index is 12.1. The molecule has 0 aliphatic heterocycles. The lowest BCUT2D eigenvalue weighted by Crippen LogP contribution is -2.59. The molecule has 0 spiro atoms. The summed E-state index contributed by atoms with van der Waals surface area (Å²) in [5.41, 5.74) is -0.768. The number of rotatable bonds is 5. The van der Waals surface area contributed by atoms with Gasteiger partial charge < -0.3 is 20.6 Å². The molecule has 2 unspecified atom stereocenters. The monoisotopic (exact) mass is 297 g/mol. The van der Waals surface area contributed by atoms with E-state index in [1.54, 1.807) is 6.92 Å². The van der Waals surface area contributed by atoms with Crippen molar-refractivity contribution in [3.05, 3.63) is 0 Å². The summed E-state index contributed by atoms with van der Waals surface area (Å²) in [6, 6.07) is -0.533. The fourth-order valence-electron chi connectivity index (χ4n) is 3.47. The Balaban J connectivity index is 1.86. The molecule has 2 rings (SSSR count). The van der Waals surface area contributed by atoms with Gasteiger partial charge in [-0.05, 0) is 53.1 Å². The molecule has 2 saturated carbocycles. The Hall–Kier alpha value is -1.30. The van der Waals surface area contributed by atoms with E-state index in [1.165, 1.54) is 6.42 Å². The highest BCUT2D eigenvalue weighted by Gasteiger charge is 2.46. The van der Waals surface area contributed by atoms with E-state index in [9.17, 15) is 14.7 Å². The first-order valence-electron chi connectivity index (χ1n) is 7.75. The van der Waals surface area contributed by atoms with Gasteiger partial charge >= 0.3 is 12.0 Å².